The summed E-state index contributed by atoms with van der Waals surface area (Å²) in [6, 6.07) is 7.72. The van der Waals surface area contributed by atoms with Gasteiger partial charge in [-0.05, 0) is 30.2 Å². The van der Waals surface area contributed by atoms with E-state index in [1.165, 1.54) is 0 Å². The Bertz CT molecular complexity index is 601. The third-order valence-corrected chi connectivity index (χ3v) is 3.64. The molecule has 0 aliphatic heterocycles. The summed E-state index contributed by atoms with van der Waals surface area (Å²) in [4.78, 5) is 5.36. The van der Waals surface area contributed by atoms with Crippen LogP contribution in [0.1, 0.15) is 18.9 Å². The molecule has 0 radical (unpaired) electrons. The Morgan fingerprint density at radius 1 is 1.47 bits per heavy atom. The second kappa shape index (κ2) is 6.21. The van der Waals surface area contributed by atoms with Crippen LogP contribution in [-0.4, -0.2) is 18.6 Å². The van der Waals surface area contributed by atoms with Crippen LogP contribution in [0.15, 0.2) is 24.4 Å². The third-order valence-electron chi connectivity index (χ3n) is 2.64. The standard InChI is InChI=1S/C14H15N3OS/c1-3-6-16-14-17-9-13(19-14)10-4-5-12(18-2)11(7-10)8-15/h4-5,7,9H,3,6H2,1-2H3,(H,16,17). The second-order valence-corrected chi connectivity index (χ2v) is 5.01. The van der Waals surface area contributed by atoms with Gasteiger partial charge in [-0.1, -0.05) is 18.3 Å². The molecule has 0 aliphatic carbocycles. The van der Waals surface area contributed by atoms with E-state index < -0.39 is 0 Å². The molecule has 0 amide bonds. The second-order valence-electron chi connectivity index (χ2n) is 3.98. The van der Waals surface area contributed by atoms with E-state index in [9.17, 15) is 0 Å². The molecule has 0 bridgehead atoms. The van der Waals surface area contributed by atoms with Gasteiger partial charge in [-0.3, -0.25) is 0 Å². The molecule has 0 saturated carbocycles. The molecular formula is C14H15N3OS. The summed E-state index contributed by atoms with van der Waals surface area (Å²) in [5.74, 6) is 0.597. The van der Waals surface area contributed by atoms with Crippen LogP contribution in [-0.2, 0) is 0 Å². The summed E-state index contributed by atoms with van der Waals surface area (Å²) in [6.07, 6.45) is 2.89. The lowest BCUT2D eigenvalue weighted by Crippen LogP contribution is -1.97. The monoisotopic (exact) mass is 273 g/mol. The first kappa shape index (κ1) is 13.4. The van der Waals surface area contributed by atoms with E-state index in [1.807, 2.05) is 24.4 Å². The van der Waals surface area contributed by atoms with E-state index in [1.54, 1.807) is 18.4 Å². The molecule has 1 N–H and O–H groups in total. The molecule has 0 unspecified atom stereocenters. The van der Waals surface area contributed by atoms with Crippen LogP contribution >= 0.6 is 11.3 Å². The van der Waals surface area contributed by atoms with E-state index in [0.717, 1.165) is 28.5 Å². The molecule has 4 nitrogen and oxygen atoms in total. The Labute approximate surface area is 116 Å². The Hall–Kier alpha value is -2.06. The van der Waals surface area contributed by atoms with E-state index in [0.29, 0.717) is 11.3 Å². The van der Waals surface area contributed by atoms with Crippen LogP contribution in [0.2, 0.25) is 0 Å². The highest BCUT2D eigenvalue weighted by Gasteiger charge is 2.08. The average molecular weight is 273 g/mol. The molecule has 2 aromatic rings. The number of nitriles is 1. The number of hydrogen-bond donors (Lipinski definition) is 1. The molecule has 98 valence electrons. The lowest BCUT2D eigenvalue weighted by atomic mass is 10.1. The van der Waals surface area contributed by atoms with Crippen LogP contribution in [0.25, 0.3) is 10.4 Å². The Kier molecular flexibility index (Phi) is 4.37. The first-order valence-corrected chi connectivity index (χ1v) is 6.88. The minimum atomic E-state index is 0.538. The quantitative estimate of drug-likeness (QED) is 0.905. The molecule has 0 aliphatic rings. The minimum absolute atomic E-state index is 0.538. The first-order chi connectivity index (χ1) is 9.28. The van der Waals surface area contributed by atoms with Gasteiger partial charge < -0.3 is 10.1 Å². The predicted octanol–water partition coefficient (Wildman–Crippen LogP) is 3.51. The fourth-order valence-corrected chi connectivity index (χ4v) is 2.51. The number of ether oxygens (including phenoxy) is 1. The van der Waals surface area contributed by atoms with Crippen molar-refractivity contribution in [3.8, 4) is 22.3 Å². The van der Waals surface area contributed by atoms with Crippen molar-refractivity contribution in [3.05, 3.63) is 30.0 Å². The average Bonchev–Trinajstić information content (AvgIpc) is 2.93. The summed E-state index contributed by atoms with van der Waals surface area (Å²) in [6.45, 7) is 3.03. The molecule has 1 aromatic heterocycles. The number of benzene rings is 1. The van der Waals surface area contributed by atoms with Crippen LogP contribution < -0.4 is 10.1 Å². The minimum Gasteiger partial charge on any atom is -0.495 e. The van der Waals surface area contributed by atoms with Crippen molar-refractivity contribution >= 4 is 16.5 Å². The summed E-state index contributed by atoms with van der Waals surface area (Å²) >= 11 is 1.59. The molecule has 1 aromatic carbocycles. The van der Waals surface area contributed by atoms with Crippen LogP contribution in [0.5, 0.6) is 5.75 Å². The molecule has 0 fully saturated rings. The zero-order valence-electron chi connectivity index (χ0n) is 10.9. The maximum atomic E-state index is 9.09. The van der Waals surface area contributed by atoms with Crippen molar-refractivity contribution in [1.82, 2.24) is 4.98 Å². The summed E-state index contributed by atoms with van der Waals surface area (Å²) < 4.78 is 5.14. The van der Waals surface area contributed by atoms with E-state index in [-0.39, 0.29) is 0 Å². The lowest BCUT2D eigenvalue weighted by Gasteiger charge is -2.04. The normalized spacial score (nSPS) is 9.95. The molecule has 0 saturated heterocycles. The van der Waals surface area contributed by atoms with Gasteiger partial charge in [0.15, 0.2) is 5.13 Å². The fraction of sp³-hybridized carbons (Fsp3) is 0.286. The van der Waals surface area contributed by atoms with Gasteiger partial charge in [-0.2, -0.15) is 5.26 Å². The van der Waals surface area contributed by atoms with E-state index in [2.05, 4.69) is 23.3 Å². The number of anilines is 1. The molecule has 5 heteroatoms. The van der Waals surface area contributed by atoms with E-state index in [4.69, 9.17) is 10.00 Å². The van der Waals surface area contributed by atoms with Crippen molar-refractivity contribution in [2.45, 2.75) is 13.3 Å². The molecular weight excluding hydrogens is 258 g/mol. The smallest absolute Gasteiger partial charge is 0.183 e. The highest BCUT2D eigenvalue weighted by molar-refractivity contribution is 7.18. The molecule has 0 spiro atoms. The van der Waals surface area contributed by atoms with Gasteiger partial charge in [0, 0.05) is 12.7 Å². The SMILES string of the molecule is CCCNc1ncc(-c2ccc(OC)c(C#N)c2)s1. The van der Waals surface area contributed by atoms with Gasteiger partial charge in [0.2, 0.25) is 0 Å². The van der Waals surface area contributed by atoms with Crippen molar-refractivity contribution in [2.24, 2.45) is 0 Å². The molecule has 19 heavy (non-hydrogen) atoms. The number of rotatable bonds is 5. The van der Waals surface area contributed by atoms with Gasteiger partial charge in [0.05, 0.1) is 17.6 Å². The van der Waals surface area contributed by atoms with Gasteiger partial charge in [-0.25, -0.2) is 4.98 Å². The van der Waals surface area contributed by atoms with Crippen LogP contribution in [0, 0.1) is 11.3 Å². The highest BCUT2D eigenvalue weighted by atomic mass is 32.1. The fourth-order valence-electron chi connectivity index (χ4n) is 1.67. The van der Waals surface area contributed by atoms with Gasteiger partial charge in [0.1, 0.15) is 11.8 Å². The molecule has 1 heterocycles. The summed E-state index contributed by atoms with van der Waals surface area (Å²) in [7, 11) is 1.56. The Morgan fingerprint density at radius 3 is 3.00 bits per heavy atom. The maximum absolute atomic E-state index is 9.09. The van der Waals surface area contributed by atoms with Crippen LogP contribution in [0.4, 0.5) is 5.13 Å². The Balaban J connectivity index is 2.27. The number of nitrogens with zero attached hydrogens (tertiary/aromatic N) is 2. The van der Waals surface area contributed by atoms with E-state index >= 15 is 0 Å². The molecule has 0 atom stereocenters. The number of hydrogen-bond acceptors (Lipinski definition) is 5. The van der Waals surface area contributed by atoms with Crippen molar-refractivity contribution in [1.29, 1.82) is 5.26 Å². The van der Waals surface area contributed by atoms with Crippen molar-refractivity contribution < 1.29 is 4.74 Å². The number of aromatic nitrogens is 1. The van der Waals surface area contributed by atoms with Crippen molar-refractivity contribution in [3.63, 3.8) is 0 Å². The Morgan fingerprint density at radius 2 is 2.32 bits per heavy atom. The van der Waals surface area contributed by atoms with Gasteiger partial charge in [0.25, 0.3) is 0 Å². The number of methoxy groups -OCH3 is 1. The largest absolute Gasteiger partial charge is 0.495 e. The third kappa shape index (κ3) is 3.04. The van der Waals surface area contributed by atoms with Crippen molar-refractivity contribution in [2.75, 3.05) is 19.0 Å². The summed E-state index contributed by atoms with van der Waals surface area (Å²) in [5.41, 5.74) is 1.52. The predicted molar refractivity (Wildman–Crippen MR) is 77.6 cm³/mol. The first-order valence-electron chi connectivity index (χ1n) is 6.06. The zero-order valence-corrected chi connectivity index (χ0v) is 11.8. The number of nitrogens with one attached hydrogen (secondary N) is 1. The summed E-state index contributed by atoms with van der Waals surface area (Å²) in [5, 5.41) is 13.2. The van der Waals surface area contributed by atoms with Gasteiger partial charge in [-0.15, -0.1) is 0 Å². The van der Waals surface area contributed by atoms with Crippen LogP contribution in [0.3, 0.4) is 0 Å². The zero-order chi connectivity index (χ0) is 13.7. The highest BCUT2D eigenvalue weighted by Crippen LogP contribution is 2.31. The lowest BCUT2D eigenvalue weighted by molar-refractivity contribution is 0.413. The number of thiazole rings is 1. The topological polar surface area (TPSA) is 57.9 Å². The maximum Gasteiger partial charge on any atom is 0.183 e. The molecule has 2 rings (SSSR count). The van der Waals surface area contributed by atoms with Gasteiger partial charge >= 0.3 is 0 Å².